The van der Waals surface area contributed by atoms with E-state index in [4.69, 9.17) is 11.6 Å². The Morgan fingerprint density at radius 3 is 2.95 bits per heavy atom. The second-order valence-corrected chi connectivity index (χ2v) is 5.66. The summed E-state index contributed by atoms with van der Waals surface area (Å²) in [6.45, 7) is 0. The van der Waals surface area contributed by atoms with Crippen LogP contribution < -0.4 is 0 Å². The minimum absolute atomic E-state index is 0.0791. The summed E-state index contributed by atoms with van der Waals surface area (Å²) in [6, 6.07) is 7.28. The SMILES string of the molecule is O=C1/C(=C/c2ccncc2Br)Cc2cc(Cl)ccc21. The van der Waals surface area contributed by atoms with Gasteiger partial charge in [0.05, 0.1) is 0 Å². The first-order chi connectivity index (χ1) is 9.15. The lowest BCUT2D eigenvalue weighted by Gasteiger charge is -1.99. The summed E-state index contributed by atoms with van der Waals surface area (Å²) in [5.41, 5.74) is 3.48. The summed E-state index contributed by atoms with van der Waals surface area (Å²) >= 11 is 9.39. The van der Waals surface area contributed by atoms with Crippen molar-refractivity contribution in [3.8, 4) is 0 Å². The second kappa shape index (κ2) is 4.91. The van der Waals surface area contributed by atoms with Crippen molar-refractivity contribution in [1.82, 2.24) is 4.98 Å². The minimum Gasteiger partial charge on any atom is -0.289 e. The molecule has 1 heterocycles. The number of aromatic nitrogens is 1. The Morgan fingerprint density at radius 1 is 1.32 bits per heavy atom. The zero-order valence-electron chi connectivity index (χ0n) is 9.86. The zero-order chi connectivity index (χ0) is 13.4. The van der Waals surface area contributed by atoms with Crippen LogP contribution in [0.4, 0.5) is 0 Å². The number of halogens is 2. The van der Waals surface area contributed by atoms with Gasteiger partial charge in [-0.25, -0.2) is 0 Å². The molecule has 0 radical (unpaired) electrons. The van der Waals surface area contributed by atoms with Gasteiger partial charge < -0.3 is 0 Å². The Bertz CT molecular complexity index is 709. The lowest BCUT2D eigenvalue weighted by Crippen LogP contribution is -1.95. The second-order valence-electron chi connectivity index (χ2n) is 4.37. The van der Waals surface area contributed by atoms with Gasteiger partial charge in [-0.1, -0.05) is 11.6 Å². The molecule has 3 rings (SSSR count). The molecule has 2 nitrogen and oxygen atoms in total. The standard InChI is InChI=1S/C15H9BrClNO/c16-14-8-18-4-3-9(14)5-11-6-10-7-12(17)1-2-13(10)15(11)19/h1-5,7-8H,6H2/b11-5+. The molecule has 1 aromatic carbocycles. The first-order valence-electron chi connectivity index (χ1n) is 5.78. The number of hydrogen-bond acceptors (Lipinski definition) is 2. The van der Waals surface area contributed by atoms with Crippen LogP contribution in [-0.2, 0) is 6.42 Å². The van der Waals surface area contributed by atoms with E-state index in [-0.39, 0.29) is 5.78 Å². The molecule has 2 aromatic rings. The van der Waals surface area contributed by atoms with Gasteiger partial charge in [0.2, 0.25) is 0 Å². The van der Waals surface area contributed by atoms with Crippen LogP contribution in [0.2, 0.25) is 5.02 Å². The maximum atomic E-state index is 12.3. The van der Waals surface area contributed by atoms with Crippen molar-refractivity contribution in [3.63, 3.8) is 0 Å². The highest BCUT2D eigenvalue weighted by atomic mass is 79.9. The van der Waals surface area contributed by atoms with Crippen molar-refractivity contribution in [1.29, 1.82) is 0 Å². The number of rotatable bonds is 1. The molecule has 0 atom stereocenters. The highest BCUT2D eigenvalue weighted by Crippen LogP contribution is 2.30. The number of fused-ring (bicyclic) bond motifs is 1. The van der Waals surface area contributed by atoms with E-state index in [1.165, 1.54) is 0 Å². The zero-order valence-corrected chi connectivity index (χ0v) is 12.2. The van der Waals surface area contributed by atoms with Crippen molar-refractivity contribution >= 4 is 39.4 Å². The van der Waals surface area contributed by atoms with Crippen molar-refractivity contribution in [2.24, 2.45) is 0 Å². The molecule has 0 spiro atoms. The highest BCUT2D eigenvalue weighted by Gasteiger charge is 2.24. The number of carbonyl (C=O) groups is 1. The number of allylic oxidation sites excluding steroid dienone is 1. The number of benzene rings is 1. The predicted molar refractivity (Wildman–Crippen MR) is 79.4 cm³/mol. The molecule has 1 aliphatic rings. The van der Waals surface area contributed by atoms with Gasteiger partial charge in [0.15, 0.2) is 5.78 Å². The fraction of sp³-hybridized carbons (Fsp3) is 0.0667. The first kappa shape index (κ1) is 12.6. The minimum atomic E-state index is 0.0791. The topological polar surface area (TPSA) is 30.0 Å². The molecular weight excluding hydrogens is 326 g/mol. The lowest BCUT2D eigenvalue weighted by molar-refractivity contribution is 0.104. The van der Waals surface area contributed by atoms with Crippen LogP contribution in [0.25, 0.3) is 6.08 Å². The van der Waals surface area contributed by atoms with E-state index in [0.29, 0.717) is 11.4 Å². The quantitative estimate of drug-likeness (QED) is 0.727. The average Bonchev–Trinajstić information content (AvgIpc) is 2.68. The number of ketones is 1. The summed E-state index contributed by atoms with van der Waals surface area (Å²) in [6.07, 6.45) is 5.96. The van der Waals surface area contributed by atoms with Crippen LogP contribution in [-0.4, -0.2) is 10.8 Å². The lowest BCUT2D eigenvalue weighted by atomic mass is 10.1. The van der Waals surface area contributed by atoms with Crippen LogP contribution >= 0.6 is 27.5 Å². The van der Waals surface area contributed by atoms with Crippen LogP contribution in [0.3, 0.4) is 0 Å². The molecule has 0 fully saturated rings. The first-order valence-corrected chi connectivity index (χ1v) is 6.95. The summed E-state index contributed by atoms with van der Waals surface area (Å²) in [5, 5.41) is 0.665. The normalized spacial score (nSPS) is 15.9. The predicted octanol–water partition coefficient (Wildman–Crippen LogP) is 4.32. The summed E-state index contributed by atoms with van der Waals surface area (Å²) in [5.74, 6) is 0.0791. The van der Waals surface area contributed by atoms with E-state index in [9.17, 15) is 4.79 Å². The van der Waals surface area contributed by atoms with Gasteiger partial charge in [-0.15, -0.1) is 0 Å². The van der Waals surface area contributed by atoms with Gasteiger partial charge in [0, 0.05) is 39.4 Å². The van der Waals surface area contributed by atoms with Gasteiger partial charge >= 0.3 is 0 Å². The number of Topliss-reactive ketones (excluding diaryl/α,β-unsaturated/α-hetero) is 1. The number of hydrogen-bond donors (Lipinski definition) is 0. The molecule has 0 bridgehead atoms. The van der Waals surface area contributed by atoms with E-state index in [0.717, 1.165) is 26.7 Å². The Balaban J connectivity index is 2.02. The monoisotopic (exact) mass is 333 g/mol. The maximum absolute atomic E-state index is 12.3. The van der Waals surface area contributed by atoms with Crippen molar-refractivity contribution in [3.05, 3.63) is 68.4 Å². The average molecular weight is 335 g/mol. The Morgan fingerprint density at radius 2 is 2.16 bits per heavy atom. The molecule has 0 unspecified atom stereocenters. The summed E-state index contributed by atoms with van der Waals surface area (Å²) < 4.78 is 0.879. The van der Waals surface area contributed by atoms with Crippen LogP contribution in [0.15, 0.2) is 46.7 Å². The maximum Gasteiger partial charge on any atom is 0.189 e. The van der Waals surface area contributed by atoms with Gasteiger partial charge in [-0.3, -0.25) is 9.78 Å². The number of nitrogens with zero attached hydrogens (tertiary/aromatic N) is 1. The van der Waals surface area contributed by atoms with E-state index in [1.54, 1.807) is 24.5 Å². The molecule has 0 saturated carbocycles. The van der Waals surface area contributed by atoms with Crippen LogP contribution in [0.5, 0.6) is 0 Å². The molecule has 19 heavy (non-hydrogen) atoms. The third-order valence-electron chi connectivity index (χ3n) is 3.12. The molecule has 1 aliphatic carbocycles. The highest BCUT2D eigenvalue weighted by molar-refractivity contribution is 9.10. The van der Waals surface area contributed by atoms with Crippen molar-refractivity contribution < 1.29 is 4.79 Å². The van der Waals surface area contributed by atoms with Gasteiger partial charge in [0.25, 0.3) is 0 Å². The number of pyridine rings is 1. The molecule has 4 heteroatoms. The van der Waals surface area contributed by atoms with Crippen LogP contribution in [0.1, 0.15) is 21.5 Å². The van der Waals surface area contributed by atoms with Crippen molar-refractivity contribution in [2.45, 2.75) is 6.42 Å². The fourth-order valence-corrected chi connectivity index (χ4v) is 2.76. The largest absolute Gasteiger partial charge is 0.289 e. The molecular formula is C15H9BrClNO. The van der Waals surface area contributed by atoms with Gasteiger partial charge in [-0.05, 0) is 57.4 Å². The molecule has 0 amide bonds. The summed E-state index contributed by atoms with van der Waals surface area (Å²) in [7, 11) is 0. The van der Waals surface area contributed by atoms with Gasteiger partial charge in [0.1, 0.15) is 0 Å². The van der Waals surface area contributed by atoms with Gasteiger partial charge in [-0.2, -0.15) is 0 Å². The third-order valence-corrected chi connectivity index (χ3v) is 4.02. The van der Waals surface area contributed by atoms with E-state index >= 15 is 0 Å². The fourth-order valence-electron chi connectivity index (χ4n) is 2.20. The number of carbonyl (C=O) groups excluding carboxylic acids is 1. The van der Waals surface area contributed by atoms with Crippen molar-refractivity contribution in [2.75, 3.05) is 0 Å². The molecule has 94 valence electrons. The van der Waals surface area contributed by atoms with E-state index in [2.05, 4.69) is 20.9 Å². The molecule has 0 saturated heterocycles. The molecule has 0 N–H and O–H groups in total. The van der Waals surface area contributed by atoms with E-state index < -0.39 is 0 Å². The molecule has 1 aromatic heterocycles. The third kappa shape index (κ3) is 2.36. The molecule has 0 aliphatic heterocycles. The van der Waals surface area contributed by atoms with Crippen LogP contribution in [0, 0.1) is 0 Å². The summed E-state index contributed by atoms with van der Waals surface area (Å²) in [4.78, 5) is 16.3. The van der Waals surface area contributed by atoms with E-state index in [1.807, 2.05) is 18.2 Å². The smallest absolute Gasteiger partial charge is 0.189 e. The Hall–Kier alpha value is -1.45. The Labute approximate surface area is 124 Å². The Kier molecular flexibility index (Phi) is 3.25.